The minimum Gasteiger partial charge on any atom is -0.324 e. The van der Waals surface area contributed by atoms with E-state index in [4.69, 9.17) is 11.5 Å². The molecule has 3 aromatic carbocycles. The van der Waals surface area contributed by atoms with Crippen molar-refractivity contribution in [1.29, 1.82) is 0 Å². The fourth-order valence-electron chi connectivity index (χ4n) is 2.68. The van der Waals surface area contributed by atoms with Crippen LogP contribution in [0.1, 0.15) is 20.7 Å². The van der Waals surface area contributed by atoms with Crippen LogP contribution in [0.15, 0.2) is 60.7 Å². The number of Topliss-reactive ketones (excluding diaryl/α,β-unsaturated/α-hetero) is 2. The topological polar surface area (TPSA) is 86.2 Å². The molecule has 0 bridgehead atoms. The third kappa shape index (κ3) is 3.11. The van der Waals surface area contributed by atoms with Crippen LogP contribution in [0, 0.1) is 0 Å². The zero-order valence-corrected chi connectivity index (χ0v) is 13.2. The minimum absolute atomic E-state index is 0.0114. The minimum atomic E-state index is -0.0721. The lowest BCUT2D eigenvalue weighted by atomic mass is 9.98. The van der Waals surface area contributed by atoms with Crippen molar-refractivity contribution in [3.8, 4) is 11.1 Å². The van der Waals surface area contributed by atoms with Gasteiger partial charge in [0.05, 0.1) is 13.1 Å². The maximum Gasteiger partial charge on any atom is 0.176 e. The predicted molar refractivity (Wildman–Crippen MR) is 96.2 cm³/mol. The molecule has 120 valence electrons. The molecule has 0 spiro atoms. The summed E-state index contributed by atoms with van der Waals surface area (Å²) in [6.07, 6.45) is 0. The molecule has 0 aliphatic carbocycles. The molecular formula is C20H18N2O2. The zero-order chi connectivity index (χ0) is 17.1. The number of benzene rings is 3. The molecule has 24 heavy (non-hydrogen) atoms. The highest BCUT2D eigenvalue weighted by Gasteiger charge is 2.07. The second-order valence-electron chi connectivity index (χ2n) is 5.61. The van der Waals surface area contributed by atoms with Gasteiger partial charge < -0.3 is 11.5 Å². The lowest BCUT2D eigenvalue weighted by Crippen LogP contribution is -2.13. The van der Waals surface area contributed by atoms with E-state index in [0.29, 0.717) is 11.1 Å². The molecule has 0 aliphatic rings. The van der Waals surface area contributed by atoms with Crippen LogP contribution in [0.4, 0.5) is 0 Å². The summed E-state index contributed by atoms with van der Waals surface area (Å²) in [6.45, 7) is 0.0244. The summed E-state index contributed by atoms with van der Waals surface area (Å²) in [5, 5.41) is 2.04. The highest BCUT2D eigenvalue weighted by Crippen LogP contribution is 2.25. The van der Waals surface area contributed by atoms with E-state index in [2.05, 4.69) is 6.07 Å². The van der Waals surface area contributed by atoms with Gasteiger partial charge in [-0.05, 0) is 34.0 Å². The van der Waals surface area contributed by atoms with Crippen LogP contribution in [-0.2, 0) is 0 Å². The molecule has 4 heteroatoms. The number of fused-ring (bicyclic) bond motifs is 1. The van der Waals surface area contributed by atoms with Gasteiger partial charge in [-0.3, -0.25) is 9.59 Å². The second kappa shape index (κ2) is 6.74. The molecule has 4 N–H and O–H groups in total. The maximum atomic E-state index is 11.7. The highest BCUT2D eigenvalue weighted by atomic mass is 16.1. The van der Waals surface area contributed by atoms with E-state index < -0.39 is 0 Å². The van der Waals surface area contributed by atoms with E-state index in [1.165, 1.54) is 0 Å². The summed E-state index contributed by atoms with van der Waals surface area (Å²) in [5.74, 6) is -0.140. The third-order valence-electron chi connectivity index (χ3n) is 4.07. The molecular weight excluding hydrogens is 300 g/mol. The van der Waals surface area contributed by atoms with Crippen molar-refractivity contribution in [2.45, 2.75) is 0 Å². The average molecular weight is 318 g/mol. The Balaban J connectivity index is 1.96. The third-order valence-corrected chi connectivity index (χ3v) is 4.07. The van der Waals surface area contributed by atoms with Gasteiger partial charge in [0.25, 0.3) is 0 Å². The van der Waals surface area contributed by atoms with Crippen LogP contribution >= 0.6 is 0 Å². The van der Waals surface area contributed by atoms with Gasteiger partial charge in [-0.2, -0.15) is 0 Å². The lowest BCUT2D eigenvalue weighted by Gasteiger charge is -2.07. The summed E-state index contributed by atoms with van der Waals surface area (Å²) in [6, 6.07) is 19.0. The van der Waals surface area contributed by atoms with Gasteiger partial charge >= 0.3 is 0 Å². The fraction of sp³-hybridized carbons (Fsp3) is 0.100. The number of ketones is 2. The maximum absolute atomic E-state index is 11.7. The van der Waals surface area contributed by atoms with Gasteiger partial charge in [0.2, 0.25) is 0 Å². The SMILES string of the molecule is NCC(=O)c1ccc(-c2ccc3cc(C(=O)CN)ccc3c2)cc1. The van der Waals surface area contributed by atoms with Crippen LogP contribution in [0.2, 0.25) is 0 Å². The van der Waals surface area contributed by atoms with E-state index in [-0.39, 0.29) is 24.7 Å². The van der Waals surface area contributed by atoms with Crippen LogP contribution in [0.3, 0.4) is 0 Å². The van der Waals surface area contributed by atoms with Gasteiger partial charge in [-0.25, -0.2) is 0 Å². The van der Waals surface area contributed by atoms with Crippen molar-refractivity contribution in [2.75, 3.05) is 13.1 Å². The molecule has 0 unspecified atom stereocenters. The van der Waals surface area contributed by atoms with Gasteiger partial charge in [0.1, 0.15) is 0 Å². The Morgan fingerprint density at radius 1 is 0.625 bits per heavy atom. The first-order valence-electron chi connectivity index (χ1n) is 7.73. The molecule has 0 saturated heterocycles. The van der Waals surface area contributed by atoms with Crippen LogP contribution < -0.4 is 11.5 Å². The fourth-order valence-corrected chi connectivity index (χ4v) is 2.68. The van der Waals surface area contributed by atoms with E-state index in [1.54, 1.807) is 18.2 Å². The number of carbonyl (C=O) groups is 2. The predicted octanol–water partition coefficient (Wildman–Crippen LogP) is 2.79. The molecule has 0 fully saturated rings. The molecule has 0 heterocycles. The molecule has 3 aromatic rings. The number of nitrogens with two attached hydrogens (primary N) is 2. The molecule has 0 saturated carbocycles. The van der Waals surface area contributed by atoms with Crippen LogP contribution in [0.25, 0.3) is 21.9 Å². The quantitative estimate of drug-likeness (QED) is 0.708. The Kier molecular flexibility index (Phi) is 4.51. The Morgan fingerprint density at radius 3 is 1.79 bits per heavy atom. The van der Waals surface area contributed by atoms with Crippen molar-refractivity contribution in [2.24, 2.45) is 11.5 Å². The van der Waals surface area contributed by atoms with E-state index in [1.807, 2.05) is 36.4 Å². The Morgan fingerprint density at radius 2 is 1.12 bits per heavy atom. The molecule has 0 aromatic heterocycles. The lowest BCUT2D eigenvalue weighted by molar-refractivity contribution is 0.0993. The molecule has 3 rings (SSSR count). The van der Waals surface area contributed by atoms with Gasteiger partial charge in [0.15, 0.2) is 11.6 Å². The summed E-state index contributed by atoms with van der Waals surface area (Å²) in [5.41, 5.74) is 14.1. The number of hydrogen-bond acceptors (Lipinski definition) is 4. The molecule has 0 atom stereocenters. The Hall–Kier alpha value is -2.82. The number of rotatable bonds is 5. The normalized spacial score (nSPS) is 10.8. The summed E-state index contributed by atoms with van der Waals surface area (Å²) >= 11 is 0. The summed E-state index contributed by atoms with van der Waals surface area (Å²) in [4.78, 5) is 23.3. The molecule has 0 aliphatic heterocycles. The van der Waals surface area contributed by atoms with Crippen LogP contribution in [-0.4, -0.2) is 24.7 Å². The van der Waals surface area contributed by atoms with Crippen molar-refractivity contribution in [1.82, 2.24) is 0 Å². The average Bonchev–Trinajstić information content (AvgIpc) is 2.66. The van der Waals surface area contributed by atoms with Crippen molar-refractivity contribution in [3.05, 3.63) is 71.8 Å². The first-order valence-corrected chi connectivity index (χ1v) is 7.73. The van der Waals surface area contributed by atoms with E-state index >= 15 is 0 Å². The second-order valence-corrected chi connectivity index (χ2v) is 5.61. The smallest absolute Gasteiger partial charge is 0.176 e. The zero-order valence-electron chi connectivity index (χ0n) is 13.2. The van der Waals surface area contributed by atoms with Gasteiger partial charge in [-0.15, -0.1) is 0 Å². The summed E-state index contributed by atoms with van der Waals surface area (Å²) in [7, 11) is 0. The Labute approximate surface area is 140 Å². The number of carbonyl (C=O) groups excluding carboxylic acids is 2. The largest absolute Gasteiger partial charge is 0.324 e. The molecule has 0 radical (unpaired) electrons. The summed E-state index contributed by atoms with van der Waals surface area (Å²) < 4.78 is 0. The van der Waals surface area contributed by atoms with Crippen molar-refractivity contribution >= 4 is 22.3 Å². The molecule has 0 amide bonds. The standard InChI is InChI=1S/C20H18N2O2/c21-11-19(23)14-3-1-13(2-4-14)15-5-6-17-10-18(20(24)12-22)8-7-16(17)9-15/h1-10H,11-12,21-22H2. The number of hydrogen-bond donors (Lipinski definition) is 2. The van der Waals surface area contributed by atoms with Crippen molar-refractivity contribution < 1.29 is 9.59 Å². The van der Waals surface area contributed by atoms with Gasteiger partial charge in [0, 0.05) is 11.1 Å². The molecule has 4 nitrogen and oxygen atoms in total. The van der Waals surface area contributed by atoms with Crippen molar-refractivity contribution in [3.63, 3.8) is 0 Å². The first kappa shape index (κ1) is 16.1. The first-order chi connectivity index (χ1) is 11.6. The van der Waals surface area contributed by atoms with Crippen LogP contribution in [0.5, 0.6) is 0 Å². The van der Waals surface area contributed by atoms with Gasteiger partial charge in [-0.1, -0.05) is 48.5 Å². The highest BCUT2D eigenvalue weighted by molar-refractivity contribution is 6.01. The monoisotopic (exact) mass is 318 g/mol. The van der Waals surface area contributed by atoms with E-state index in [9.17, 15) is 9.59 Å². The Bertz CT molecular complexity index is 915. The van der Waals surface area contributed by atoms with E-state index in [0.717, 1.165) is 21.9 Å².